The molecule has 0 aliphatic carbocycles. The van der Waals surface area contributed by atoms with Crippen molar-refractivity contribution in [1.29, 1.82) is 0 Å². The van der Waals surface area contributed by atoms with Crippen molar-refractivity contribution in [2.45, 2.75) is 193 Å². The van der Waals surface area contributed by atoms with Crippen molar-refractivity contribution >= 4 is 0 Å². The summed E-state index contributed by atoms with van der Waals surface area (Å²) in [6.45, 7) is 9.29. The number of aliphatic hydroxyl groups is 2. The Morgan fingerprint density at radius 3 is 1.11 bits per heavy atom. The maximum absolute atomic E-state index is 10.8. The summed E-state index contributed by atoms with van der Waals surface area (Å²) >= 11 is 0. The highest BCUT2D eigenvalue weighted by Gasteiger charge is 2.16. The van der Waals surface area contributed by atoms with E-state index in [-0.39, 0.29) is 12.2 Å². The first-order chi connectivity index (χ1) is 21.6. The highest BCUT2D eigenvalue weighted by atomic mass is 16.5. The fourth-order valence-electron chi connectivity index (χ4n) is 6.08. The Kier molecular flexibility index (Phi) is 37.0. The Morgan fingerprint density at radius 1 is 0.455 bits per heavy atom. The van der Waals surface area contributed by atoms with E-state index in [0.29, 0.717) is 46.1 Å². The highest BCUT2D eigenvalue weighted by Crippen LogP contribution is 2.15. The smallest absolute Gasteiger partial charge is 0.0701 e. The summed E-state index contributed by atoms with van der Waals surface area (Å²) in [5.41, 5.74) is 5.47. The van der Waals surface area contributed by atoms with Crippen LogP contribution < -0.4 is 5.73 Å². The number of aliphatic hydroxyl groups excluding tert-OH is 2. The van der Waals surface area contributed by atoms with Gasteiger partial charge in [-0.25, -0.2) is 0 Å². The average Bonchev–Trinajstić information content (AvgIpc) is 3.01. The molecule has 44 heavy (non-hydrogen) atoms. The molecule has 0 amide bonds. The molecule has 0 rings (SSSR count). The predicted molar refractivity (Wildman–Crippen MR) is 191 cm³/mol. The van der Waals surface area contributed by atoms with Gasteiger partial charge in [0.15, 0.2) is 0 Å². The Hall–Kier alpha value is -0.240. The molecule has 0 aliphatic heterocycles. The highest BCUT2D eigenvalue weighted by molar-refractivity contribution is 4.70. The fraction of sp³-hybridized carbons (Fsp3) is 1.00. The third-order valence-corrected chi connectivity index (χ3v) is 8.91. The molecule has 0 aromatic carbocycles. The quantitative estimate of drug-likeness (QED) is 0.0591. The van der Waals surface area contributed by atoms with Crippen molar-refractivity contribution in [3.8, 4) is 0 Å². The number of nitrogens with zero attached hydrogens (tertiary/aromatic N) is 1. The summed E-state index contributed by atoms with van der Waals surface area (Å²) in [5.74, 6) is 0. The molecule has 0 aliphatic rings. The zero-order chi connectivity index (χ0) is 32.2. The van der Waals surface area contributed by atoms with Crippen LogP contribution in [0.5, 0.6) is 0 Å². The van der Waals surface area contributed by atoms with Gasteiger partial charge in [0.1, 0.15) is 0 Å². The first-order valence-corrected chi connectivity index (χ1v) is 19.6. The number of hydrogen-bond donors (Lipinski definition) is 3. The van der Waals surface area contributed by atoms with E-state index in [1.54, 1.807) is 0 Å². The zero-order valence-corrected chi connectivity index (χ0v) is 29.9. The lowest BCUT2D eigenvalue weighted by atomic mass is 10.0. The lowest BCUT2D eigenvalue weighted by Crippen LogP contribution is -2.40. The standard InChI is InChI=1S/C38H80N2O4/c1-3-5-7-9-11-13-15-17-19-21-23-25-27-37(41)35-40(30-32-44-34-33-43-31-29-39)36-38(42)28-26-24-22-20-18-16-14-12-10-8-6-4-2/h37-38,41-42H,3-36,39H2,1-2H3. The van der Waals surface area contributed by atoms with Crippen LogP contribution in [0.25, 0.3) is 0 Å². The van der Waals surface area contributed by atoms with E-state index in [2.05, 4.69) is 18.7 Å². The van der Waals surface area contributed by atoms with Gasteiger partial charge in [0, 0.05) is 26.2 Å². The van der Waals surface area contributed by atoms with Crippen molar-refractivity contribution in [3.05, 3.63) is 0 Å². The molecule has 0 fully saturated rings. The second-order valence-electron chi connectivity index (χ2n) is 13.4. The molecule has 2 atom stereocenters. The third-order valence-electron chi connectivity index (χ3n) is 8.91. The SMILES string of the molecule is CCCCCCCCCCCCCCC(O)CN(CCOCCOCCN)CC(O)CCCCCCCCCCCCCC. The number of unbranched alkanes of at least 4 members (excludes halogenated alkanes) is 22. The van der Waals surface area contributed by atoms with Crippen molar-refractivity contribution < 1.29 is 19.7 Å². The van der Waals surface area contributed by atoms with Crippen molar-refractivity contribution in [3.63, 3.8) is 0 Å². The van der Waals surface area contributed by atoms with Gasteiger partial charge in [0.25, 0.3) is 0 Å². The molecule has 0 aromatic heterocycles. The molecule has 0 heterocycles. The van der Waals surface area contributed by atoms with Crippen LogP contribution in [0.3, 0.4) is 0 Å². The van der Waals surface area contributed by atoms with E-state index >= 15 is 0 Å². The molecule has 6 nitrogen and oxygen atoms in total. The van der Waals surface area contributed by atoms with Crippen LogP contribution in [0.15, 0.2) is 0 Å². The number of ether oxygens (including phenoxy) is 2. The van der Waals surface area contributed by atoms with E-state index in [1.807, 2.05) is 0 Å². The summed E-state index contributed by atoms with van der Waals surface area (Å²) in [6, 6.07) is 0. The third kappa shape index (κ3) is 34.6. The molecule has 6 heteroatoms. The minimum atomic E-state index is -0.343. The van der Waals surface area contributed by atoms with Gasteiger partial charge < -0.3 is 25.4 Å². The topological polar surface area (TPSA) is 88.2 Å². The summed E-state index contributed by atoms with van der Waals surface area (Å²) in [5, 5.41) is 21.6. The molecular weight excluding hydrogens is 548 g/mol. The van der Waals surface area contributed by atoms with E-state index in [9.17, 15) is 10.2 Å². The average molecular weight is 629 g/mol. The van der Waals surface area contributed by atoms with Crippen LogP contribution in [0.1, 0.15) is 181 Å². The van der Waals surface area contributed by atoms with Crippen LogP contribution in [0.2, 0.25) is 0 Å². The minimum Gasteiger partial charge on any atom is -0.392 e. The summed E-state index contributed by atoms with van der Waals surface area (Å²) in [6.07, 6.45) is 33.0. The van der Waals surface area contributed by atoms with Gasteiger partial charge in [-0.3, -0.25) is 4.90 Å². The van der Waals surface area contributed by atoms with Gasteiger partial charge in [-0.1, -0.05) is 168 Å². The number of nitrogens with two attached hydrogens (primary N) is 1. The van der Waals surface area contributed by atoms with Gasteiger partial charge in [-0.2, -0.15) is 0 Å². The van der Waals surface area contributed by atoms with Crippen LogP contribution in [-0.2, 0) is 9.47 Å². The molecule has 0 radical (unpaired) electrons. The molecule has 0 spiro atoms. The number of hydrogen-bond acceptors (Lipinski definition) is 6. The lowest BCUT2D eigenvalue weighted by molar-refractivity contribution is 0.0196. The van der Waals surface area contributed by atoms with Crippen LogP contribution >= 0.6 is 0 Å². The maximum Gasteiger partial charge on any atom is 0.0701 e. The zero-order valence-electron chi connectivity index (χ0n) is 29.9. The van der Waals surface area contributed by atoms with Crippen LogP contribution in [0.4, 0.5) is 0 Å². The van der Waals surface area contributed by atoms with Crippen molar-refractivity contribution in [2.24, 2.45) is 5.73 Å². The minimum absolute atomic E-state index is 0.343. The summed E-state index contributed by atoms with van der Waals surface area (Å²) in [4.78, 5) is 2.21. The molecule has 0 aromatic rings. The molecule has 266 valence electrons. The van der Waals surface area contributed by atoms with Crippen molar-refractivity contribution in [1.82, 2.24) is 4.90 Å². The first kappa shape index (κ1) is 43.8. The first-order valence-electron chi connectivity index (χ1n) is 19.6. The summed E-state index contributed by atoms with van der Waals surface area (Å²) in [7, 11) is 0. The Bertz CT molecular complexity index is 489. The second kappa shape index (κ2) is 37.2. The van der Waals surface area contributed by atoms with Gasteiger partial charge in [0.2, 0.25) is 0 Å². The van der Waals surface area contributed by atoms with Crippen LogP contribution in [0, 0.1) is 0 Å². The predicted octanol–water partition coefficient (Wildman–Crippen LogP) is 9.18. The fourth-order valence-corrected chi connectivity index (χ4v) is 6.08. The van der Waals surface area contributed by atoms with E-state index < -0.39 is 0 Å². The number of rotatable bonds is 38. The molecule has 2 unspecified atom stereocenters. The van der Waals surface area contributed by atoms with Crippen molar-refractivity contribution in [2.75, 3.05) is 52.6 Å². The van der Waals surface area contributed by atoms with Gasteiger partial charge in [-0.05, 0) is 12.8 Å². The monoisotopic (exact) mass is 629 g/mol. The molecule has 4 N–H and O–H groups in total. The van der Waals surface area contributed by atoms with E-state index in [0.717, 1.165) is 32.2 Å². The van der Waals surface area contributed by atoms with Crippen LogP contribution in [-0.4, -0.2) is 79.9 Å². The van der Waals surface area contributed by atoms with Gasteiger partial charge >= 0.3 is 0 Å². The molecule has 0 saturated carbocycles. The Balaban J connectivity index is 4.08. The summed E-state index contributed by atoms with van der Waals surface area (Å²) < 4.78 is 11.2. The normalized spacial score (nSPS) is 13.2. The Labute approximate surface area is 275 Å². The second-order valence-corrected chi connectivity index (χ2v) is 13.4. The molecule has 0 bridgehead atoms. The van der Waals surface area contributed by atoms with Gasteiger partial charge in [-0.15, -0.1) is 0 Å². The molecular formula is C38H80N2O4. The van der Waals surface area contributed by atoms with Gasteiger partial charge in [0.05, 0.1) is 38.6 Å². The largest absolute Gasteiger partial charge is 0.392 e. The lowest BCUT2D eigenvalue weighted by Gasteiger charge is -2.27. The van der Waals surface area contributed by atoms with E-state index in [4.69, 9.17) is 15.2 Å². The Morgan fingerprint density at radius 2 is 0.773 bits per heavy atom. The molecule has 0 saturated heterocycles. The maximum atomic E-state index is 10.8. The van der Waals surface area contributed by atoms with E-state index in [1.165, 1.54) is 141 Å².